The summed E-state index contributed by atoms with van der Waals surface area (Å²) in [4.78, 5) is 61.4. The Balaban J connectivity index is 2.23. The average molecular weight is 374 g/mol. The SMILES string of the molecule is CCOC(=O)[C@H](C)NC(=O)[C@H](CCCC=O)N1C(=O)c2ccccc2C1=O. The molecule has 0 aliphatic carbocycles. The zero-order valence-corrected chi connectivity index (χ0v) is 15.3. The Hall–Kier alpha value is -3.03. The van der Waals surface area contributed by atoms with Crippen molar-refractivity contribution in [2.75, 3.05) is 6.61 Å². The van der Waals surface area contributed by atoms with Crippen LogP contribution in [0.1, 0.15) is 53.8 Å². The summed E-state index contributed by atoms with van der Waals surface area (Å²) in [5.41, 5.74) is 0.461. The summed E-state index contributed by atoms with van der Waals surface area (Å²) < 4.78 is 4.85. The fraction of sp³-hybridized carbons (Fsp3) is 0.421. The monoisotopic (exact) mass is 374 g/mol. The van der Waals surface area contributed by atoms with E-state index >= 15 is 0 Å². The molecule has 0 saturated heterocycles. The fourth-order valence-electron chi connectivity index (χ4n) is 2.90. The Kier molecular flexibility index (Phi) is 6.81. The number of unbranched alkanes of at least 4 members (excludes halogenated alkanes) is 1. The smallest absolute Gasteiger partial charge is 0.328 e. The molecule has 0 saturated carbocycles. The lowest BCUT2D eigenvalue weighted by atomic mass is 10.1. The number of fused-ring (bicyclic) bond motifs is 1. The van der Waals surface area contributed by atoms with E-state index in [4.69, 9.17) is 4.74 Å². The highest BCUT2D eigenvalue weighted by atomic mass is 16.5. The van der Waals surface area contributed by atoms with E-state index in [9.17, 15) is 24.0 Å². The summed E-state index contributed by atoms with van der Waals surface area (Å²) in [5, 5.41) is 2.49. The third-order valence-corrected chi connectivity index (χ3v) is 4.24. The third kappa shape index (κ3) is 4.39. The molecule has 0 bridgehead atoms. The molecule has 2 atom stereocenters. The zero-order chi connectivity index (χ0) is 20.0. The molecule has 0 radical (unpaired) electrons. The van der Waals surface area contributed by atoms with Crippen LogP contribution in [0.3, 0.4) is 0 Å². The second kappa shape index (κ2) is 9.07. The van der Waals surface area contributed by atoms with Crippen LogP contribution in [0.25, 0.3) is 0 Å². The van der Waals surface area contributed by atoms with E-state index < -0.39 is 35.8 Å². The van der Waals surface area contributed by atoms with E-state index in [0.717, 1.165) is 4.90 Å². The number of amides is 3. The van der Waals surface area contributed by atoms with Crippen molar-refractivity contribution in [2.24, 2.45) is 0 Å². The number of esters is 1. The van der Waals surface area contributed by atoms with Gasteiger partial charge >= 0.3 is 5.97 Å². The van der Waals surface area contributed by atoms with Crippen molar-refractivity contribution in [2.45, 2.75) is 45.2 Å². The molecular weight excluding hydrogens is 352 g/mol. The molecule has 1 heterocycles. The van der Waals surface area contributed by atoms with E-state index in [0.29, 0.717) is 12.7 Å². The molecule has 27 heavy (non-hydrogen) atoms. The van der Waals surface area contributed by atoms with Crippen LogP contribution in [-0.2, 0) is 19.1 Å². The van der Waals surface area contributed by atoms with Gasteiger partial charge in [0, 0.05) is 6.42 Å². The van der Waals surface area contributed by atoms with Crippen molar-refractivity contribution in [1.29, 1.82) is 0 Å². The van der Waals surface area contributed by atoms with Crippen LogP contribution in [0.15, 0.2) is 24.3 Å². The van der Waals surface area contributed by atoms with Crippen molar-refractivity contribution < 1.29 is 28.7 Å². The minimum Gasteiger partial charge on any atom is -0.464 e. The minimum absolute atomic E-state index is 0.117. The first-order valence-corrected chi connectivity index (χ1v) is 8.79. The summed E-state index contributed by atoms with van der Waals surface area (Å²) in [6.07, 6.45) is 1.34. The average Bonchev–Trinajstić information content (AvgIpc) is 2.90. The number of rotatable bonds is 9. The Labute approximate surface area is 156 Å². The van der Waals surface area contributed by atoms with E-state index in [1.54, 1.807) is 19.1 Å². The highest BCUT2D eigenvalue weighted by Crippen LogP contribution is 2.26. The Morgan fingerprint density at radius 1 is 1.19 bits per heavy atom. The molecule has 1 aromatic rings. The topological polar surface area (TPSA) is 110 Å². The maximum absolute atomic E-state index is 12.7. The van der Waals surface area contributed by atoms with Gasteiger partial charge in [0.1, 0.15) is 18.4 Å². The van der Waals surface area contributed by atoms with Gasteiger partial charge in [-0.05, 0) is 38.8 Å². The highest BCUT2D eigenvalue weighted by Gasteiger charge is 2.42. The summed E-state index contributed by atoms with van der Waals surface area (Å²) in [7, 11) is 0. The molecule has 0 aromatic heterocycles. The Morgan fingerprint density at radius 3 is 2.30 bits per heavy atom. The van der Waals surface area contributed by atoms with Gasteiger partial charge in [0.2, 0.25) is 5.91 Å². The van der Waals surface area contributed by atoms with Gasteiger partial charge < -0.3 is 14.8 Å². The molecule has 0 fully saturated rings. The Bertz CT molecular complexity index is 725. The molecule has 2 rings (SSSR count). The van der Waals surface area contributed by atoms with Crippen LogP contribution in [0.4, 0.5) is 0 Å². The highest BCUT2D eigenvalue weighted by molar-refractivity contribution is 6.22. The minimum atomic E-state index is -1.12. The number of carbonyl (C=O) groups is 5. The van der Waals surface area contributed by atoms with Crippen molar-refractivity contribution >= 4 is 30.0 Å². The molecule has 1 aromatic carbocycles. The molecule has 3 amide bonds. The second-order valence-corrected chi connectivity index (χ2v) is 6.12. The summed E-state index contributed by atoms with van der Waals surface area (Å²) in [6, 6.07) is 4.28. The predicted octanol–water partition coefficient (Wildman–Crippen LogP) is 1.09. The largest absolute Gasteiger partial charge is 0.464 e. The number of ether oxygens (including phenoxy) is 1. The van der Waals surface area contributed by atoms with Gasteiger partial charge in [0.05, 0.1) is 17.7 Å². The predicted molar refractivity (Wildman–Crippen MR) is 94.9 cm³/mol. The van der Waals surface area contributed by atoms with Crippen LogP contribution in [0, 0.1) is 0 Å². The van der Waals surface area contributed by atoms with Gasteiger partial charge in [-0.3, -0.25) is 19.3 Å². The van der Waals surface area contributed by atoms with E-state index in [-0.39, 0.29) is 30.6 Å². The number of aldehydes is 1. The molecule has 1 N–H and O–H groups in total. The van der Waals surface area contributed by atoms with Crippen LogP contribution in [0.5, 0.6) is 0 Å². The number of benzene rings is 1. The van der Waals surface area contributed by atoms with Crippen LogP contribution in [-0.4, -0.2) is 53.6 Å². The van der Waals surface area contributed by atoms with E-state index in [2.05, 4.69) is 5.32 Å². The number of carbonyl (C=O) groups excluding carboxylic acids is 5. The summed E-state index contributed by atoms with van der Waals surface area (Å²) in [6.45, 7) is 3.27. The molecule has 8 nitrogen and oxygen atoms in total. The molecule has 144 valence electrons. The second-order valence-electron chi connectivity index (χ2n) is 6.12. The first-order valence-electron chi connectivity index (χ1n) is 8.79. The lowest BCUT2D eigenvalue weighted by Gasteiger charge is -2.26. The third-order valence-electron chi connectivity index (χ3n) is 4.24. The molecule has 0 unspecified atom stereocenters. The molecule has 1 aliphatic rings. The molecular formula is C19H22N2O6. The normalized spacial score (nSPS) is 15.1. The first kappa shape index (κ1) is 20.3. The van der Waals surface area contributed by atoms with E-state index in [1.807, 2.05) is 0 Å². The fourth-order valence-corrected chi connectivity index (χ4v) is 2.90. The number of hydrogen-bond acceptors (Lipinski definition) is 6. The zero-order valence-electron chi connectivity index (χ0n) is 15.3. The number of imide groups is 1. The lowest BCUT2D eigenvalue weighted by Crippen LogP contribution is -2.52. The van der Waals surface area contributed by atoms with Gasteiger partial charge in [-0.25, -0.2) is 4.79 Å². The van der Waals surface area contributed by atoms with Gasteiger partial charge in [-0.2, -0.15) is 0 Å². The van der Waals surface area contributed by atoms with Crippen molar-refractivity contribution in [3.05, 3.63) is 35.4 Å². The standard InChI is InChI=1S/C19H22N2O6/c1-3-27-19(26)12(2)20-16(23)15(10-6-7-11-22)21-17(24)13-8-4-5-9-14(13)18(21)25/h4-5,8-9,11-12,15H,3,6-7,10H2,1-2H3,(H,20,23)/t12-,15-/m0/s1. The summed E-state index contributed by atoms with van der Waals surface area (Å²) in [5.74, 6) is -2.38. The number of hydrogen-bond donors (Lipinski definition) is 1. The van der Waals surface area contributed by atoms with Crippen molar-refractivity contribution in [3.63, 3.8) is 0 Å². The van der Waals surface area contributed by atoms with Gasteiger partial charge in [0.15, 0.2) is 0 Å². The summed E-state index contributed by atoms with van der Waals surface area (Å²) >= 11 is 0. The first-order chi connectivity index (χ1) is 12.9. The van der Waals surface area contributed by atoms with Crippen LogP contribution >= 0.6 is 0 Å². The van der Waals surface area contributed by atoms with Gasteiger partial charge in [-0.15, -0.1) is 0 Å². The molecule has 1 aliphatic heterocycles. The number of nitrogens with zero attached hydrogens (tertiary/aromatic N) is 1. The maximum Gasteiger partial charge on any atom is 0.328 e. The Morgan fingerprint density at radius 2 is 1.78 bits per heavy atom. The van der Waals surface area contributed by atoms with E-state index in [1.165, 1.54) is 19.1 Å². The van der Waals surface area contributed by atoms with Crippen LogP contribution in [0.2, 0.25) is 0 Å². The van der Waals surface area contributed by atoms with Gasteiger partial charge in [-0.1, -0.05) is 12.1 Å². The molecule has 0 spiro atoms. The van der Waals surface area contributed by atoms with Crippen LogP contribution < -0.4 is 5.32 Å². The van der Waals surface area contributed by atoms with Crippen molar-refractivity contribution in [1.82, 2.24) is 10.2 Å². The quantitative estimate of drug-likeness (QED) is 0.300. The number of nitrogens with one attached hydrogen (secondary N) is 1. The van der Waals surface area contributed by atoms with Crippen molar-refractivity contribution in [3.8, 4) is 0 Å². The van der Waals surface area contributed by atoms with Gasteiger partial charge in [0.25, 0.3) is 11.8 Å². The lowest BCUT2D eigenvalue weighted by molar-refractivity contribution is -0.147. The maximum atomic E-state index is 12.7. The molecule has 8 heteroatoms.